The van der Waals surface area contributed by atoms with Gasteiger partial charge in [-0.3, -0.25) is 14.9 Å². The number of hydrogen-bond acceptors (Lipinski definition) is 11. The lowest BCUT2D eigenvalue weighted by molar-refractivity contribution is -0.113. The van der Waals surface area contributed by atoms with Crippen LogP contribution in [0.2, 0.25) is 0 Å². The number of aromatic nitrogens is 2. The number of hydrogen-bond donors (Lipinski definition) is 2. The van der Waals surface area contributed by atoms with Crippen molar-refractivity contribution in [1.29, 1.82) is 0 Å². The fraction of sp³-hybridized carbons (Fsp3) is 0.348. The maximum absolute atomic E-state index is 12.7. The molecule has 0 saturated heterocycles. The minimum atomic E-state index is -0.396. The number of carbonyl (C=O) groups is 3. The third-order valence-electron chi connectivity index (χ3n) is 5.49. The van der Waals surface area contributed by atoms with Crippen LogP contribution >= 0.6 is 34.4 Å². The van der Waals surface area contributed by atoms with Crippen LogP contribution in [0.5, 0.6) is 11.5 Å². The predicted molar refractivity (Wildman–Crippen MR) is 137 cm³/mol. The highest BCUT2D eigenvalue weighted by molar-refractivity contribution is 8.01. The molecule has 0 spiro atoms. The van der Waals surface area contributed by atoms with Crippen molar-refractivity contribution in [2.75, 3.05) is 29.8 Å². The first-order valence-electron chi connectivity index (χ1n) is 11.3. The number of esters is 1. The number of thiophene rings is 1. The van der Waals surface area contributed by atoms with Gasteiger partial charge in [-0.25, -0.2) is 4.79 Å². The minimum absolute atomic E-state index is 0.0789. The molecule has 3 heterocycles. The van der Waals surface area contributed by atoms with Gasteiger partial charge >= 0.3 is 5.97 Å². The molecule has 1 aliphatic heterocycles. The molecule has 0 atom stereocenters. The summed E-state index contributed by atoms with van der Waals surface area (Å²) in [5.74, 6) is 0.177. The van der Waals surface area contributed by atoms with Crippen LogP contribution in [0, 0.1) is 0 Å². The van der Waals surface area contributed by atoms with E-state index in [2.05, 4.69) is 20.8 Å². The summed E-state index contributed by atoms with van der Waals surface area (Å²) in [5, 5.41) is 14.5. The van der Waals surface area contributed by atoms with Crippen molar-refractivity contribution in [1.82, 2.24) is 10.2 Å². The van der Waals surface area contributed by atoms with Gasteiger partial charge in [-0.2, -0.15) is 0 Å². The van der Waals surface area contributed by atoms with E-state index in [1.54, 1.807) is 25.1 Å². The number of ether oxygens (including phenoxy) is 3. The van der Waals surface area contributed by atoms with Crippen molar-refractivity contribution in [2.45, 2.75) is 36.9 Å². The molecule has 0 saturated carbocycles. The van der Waals surface area contributed by atoms with Gasteiger partial charge in [0.05, 0.1) is 17.9 Å². The van der Waals surface area contributed by atoms with E-state index in [1.807, 2.05) is 0 Å². The molecule has 2 aliphatic rings. The second-order valence-corrected chi connectivity index (χ2v) is 11.2. The van der Waals surface area contributed by atoms with Crippen LogP contribution in [0.25, 0.3) is 0 Å². The van der Waals surface area contributed by atoms with E-state index in [0.29, 0.717) is 37.1 Å². The van der Waals surface area contributed by atoms with E-state index in [-0.39, 0.29) is 31.0 Å². The average molecular weight is 547 g/mol. The quantitative estimate of drug-likeness (QED) is 0.240. The van der Waals surface area contributed by atoms with E-state index in [9.17, 15) is 14.4 Å². The number of amides is 2. The van der Waals surface area contributed by atoms with Gasteiger partial charge in [0.2, 0.25) is 17.8 Å². The molecule has 3 aromatic rings. The van der Waals surface area contributed by atoms with E-state index in [4.69, 9.17) is 14.2 Å². The minimum Gasteiger partial charge on any atom is -0.462 e. The SMILES string of the molecule is CCOC(=O)c1c(NC(=O)CSc2nnc(NC(=O)c3ccc4c(c3)OCO4)s2)sc2c1CCCC2. The molecule has 2 aromatic heterocycles. The number of fused-ring (bicyclic) bond motifs is 2. The fourth-order valence-electron chi connectivity index (χ4n) is 3.89. The van der Waals surface area contributed by atoms with Gasteiger partial charge in [0, 0.05) is 10.4 Å². The van der Waals surface area contributed by atoms with E-state index in [0.717, 1.165) is 36.1 Å². The van der Waals surface area contributed by atoms with Crippen LogP contribution < -0.4 is 20.1 Å². The predicted octanol–water partition coefficient (Wildman–Crippen LogP) is 4.37. The summed E-state index contributed by atoms with van der Waals surface area (Å²) in [6.45, 7) is 2.17. The van der Waals surface area contributed by atoms with Gasteiger partial charge in [0.25, 0.3) is 5.91 Å². The molecule has 5 rings (SSSR count). The van der Waals surface area contributed by atoms with Crippen molar-refractivity contribution in [3.05, 3.63) is 39.8 Å². The molecule has 1 aromatic carbocycles. The molecule has 0 radical (unpaired) electrons. The molecule has 0 bridgehead atoms. The summed E-state index contributed by atoms with van der Waals surface area (Å²) in [6.07, 6.45) is 3.81. The summed E-state index contributed by atoms with van der Waals surface area (Å²) in [5.41, 5.74) is 1.89. The Morgan fingerprint density at radius 1 is 1.08 bits per heavy atom. The Hall–Kier alpha value is -3.16. The smallest absolute Gasteiger partial charge is 0.341 e. The summed E-state index contributed by atoms with van der Waals surface area (Å²) >= 11 is 3.82. The number of nitrogens with zero attached hydrogens (tertiary/aromatic N) is 2. The molecule has 36 heavy (non-hydrogen) atoms. The largest absolute Gasteiger partial charge is 0.462 e. The van der Waals surface area contributed by atoms with Crippen molar-refractivity contribution in [2.24, 2.45) is 0 Å². The molecule has 10 nitrogen and oxygen atoms in total. The first-order valence-corrected chi connectivity index (χ1v) is 13.9. The lowest BCUT2D eigenvalue weighted by Gasteiger charge is -2.12. The maximum Gasteiger partial charge on any atom is 0.341 e. The van der Waals surface area contributed by atoms with Crippen LogP contribution in [0.15, 0.2) is 22.5 Å². The maximum atomic E-state index is 12.7. The topological polar surface area (TPSA) is 129 Å². The number of nitrogens with one attached hydrogen (secondary N) is 2. The number of rotatable bonds is 8. The van der Waals surface area contributed by atoms with Crippen LogP contribution in [0.3, 0.4) is 0 Å². The molecule has 13 heteroatoms. The molecule has 1 aliphatic carbocycles. The van der Waals surface area contributed by atoms with Crippen LogP contribution in [-0.4, -0.2) is 47.1 Å². The Labute approximate surface area is 218 Å². The normalized spacial score (nSPS) is 13.7. The van der Waals surface area contributed by atoms with E-state index in [1.165, 1.54) is 34.4 Å². The first kappa shape index (κ1) is 24.5. The monoisotopic (exact) mass is 546 g/mol. The molecule has 2 N–H and O–H groups in total. The van der Waals surface area contributed by atoms with Crippen LogP contribution in [0.1, 0.15) is 50.9 Å². The van der Waals surface area contributed by atoms with Crippen molar-refractivity contribution in [3.63, 3.8) is 0 Å². The average Bonchev–Trinajstić information content (AvgIpc) is 3.60. The Balaban J connectivity index is 1.18. The van der Waals surface area contributed by atoms with Crippen molar-refractivity contribution in [3.8, 4) is 11.5 Å². The van der Waals surface area contributed by atoms with Gasteiger partial charge in [0.15, 0.2) is 15.8 Å². The van der Waals surface area contributed by atoms with Crippen LogP contribution in [0.4, 0.5) is 10.1 Å². The highest BCUT2D eigenvalue weighted by Crippen LogP contribution is 2.39. The summed E-state index contributed by atoms with van der Waals surface area (Å²) in [6, 6.07) is 4.91. The first-order chi connectivity index (χ1) is 17.5. The van der Waals surface area contributed by atoms with Gasteiger partial charge in [-0.1, -0.05) is 23.1 Å². The Bertz CT molecular complexity index is 1320. The second-order valence-electron chi connectivity index (χ2n) is 7.87. The Morgan fingerprint density at radius 2 is 1.92 bits per heavy atom. The molecular weight excluding hydrogens is 524 g/mol. The number of anilines is 2. The van der Waals surface area contributed by atoms with Crippen molar-refractivity contribution < 1.29 is 28.6 Å². The number of aryl methyl sites for hydroxylation is 1. The number of thioether (sulfide) groups is 1. The van der Waals surface area contributed by atoms with Gasteiger partial charge in [0.1, 0.15) is 5.00 Å². The summed E-state index contributed by atoms with van der Waals surface area (Å²) < 4.78 is 16.3. The molecule has 0 fully saturated rings. The van der Waals surface area contributed by atoms with Gasteiger partial charge in [-0.05, 0) is 56.4 Å². The van der Waals surface area contributed by atoms with Crippen LogP contribution in [-0.2, 0) is 22.4 Å². The lowest BCUT2D eigenvalue weighted by atomic mass is 9.95. The standard InChI is InChI=1S/C23H22N4O6S3/c1-2-31-21(30)18-13-5-3-4-6-16(13)35-20(18)24-17(28)10-34-23-27-26-22(36-23)25-19(29)12-7-8-14-15(9-12)33-11-32-14/h7-9H,2-6,10-11H2,1H3,(H,24,28)(H,25,26,29). The van der Waals surface area contributed by atoms with Gasteiger partial charge < -0.3 is 19.5 Å². The second kappa shape index (κ2) is 10.8. The lowest BCUT2D eigenvalue weighted by Crippen LogP contribution is -2.17. The molecular formula is C23H22N4O6S3. The van der Waals surface area contributed by atoms with E-state index < -0.39 is 5.97 Å². The molecule has 0 unspecified atom stereocenters. The fourth-order valence-corrected chi connectivity index (χ4v) is 6.73. The Morgan fingerprint density at radius 3 is 2.78 bits per heavy atom. The summed E-state index contributed by atoms with van der Waals surface area (Å²) in [7, 11) is 0. The number of benzene rings is 1. The summed E-state index contributed by atoms with van der Waals surface area (Å²) in [4.78, 5) is 38.9. The zero-order valence-corrected chi connectivity index (χ0v) is 21.7. The zero-order chi connectivity index (χ0) is 25.1. The molecule has 188 valence electrons. The highest BCUT2D eigenvalue weighted by atomic mass is 32.2. The van der Waals surface area contributed by atoms with E-state index >= 15 is 0 Å². The Kier molecular flexibility index (Phi) is 7.39. The third kappa shape index (κ3) is 5.32. The number of carbonyl (C=O) groups excluding carboxylic acids is 3. The molecule has 2 amide bonds. The highest BCUT2D eigenvalue weighted by Gasteiger charge is 2.27. The zero-order valence-electron chi connectivity index (χ0n) is 19.3. The van der Waals surface area contributed by atoms with Gasteiger partial charge in [-0.15, -0.1) is 21.5 Å². The van der Waals surface area contributed by atoms with Crippen molar-refractivity contribution >= 4 is 62.4 Å². The third-order valence-corrected chi connectivity index (χ3v) is 8.67.